The molecule has 1 unspecified atom stereocenters. The van der Waals surface area contributed by atoms with E-state index >= 15 is 0 Å². The summed E-state index contributed by atoms with van der Waals surface area (Å²) in [6, 6.07) is 17.8. The molecule has 4 rings (SSSR count). The van der Waals surface area contributed by atoms with Gasteiger partial charge in [0.05, 0.1) is 6.04 Å². The monoisotopic (exact) mass is 445 g/mol. The van der Waals surface area contributed by atoms with Crippen LogP contribution in [-0.2, 0) is 4.79 Å². The Labute approximate surface area is 188 Å². The van der Waals surface area contributed by atoms with Crippen molar-refractivity contribution in [2.45, 2.75) is 44.2 Å². The zero-order chi connectivity index (χ0) is 20.1. The molecule has 160 valence electrons. The highest BCUT2D eigenvalue weighted by atomic mass is 35.5. The van der Waals surface area contributed by atoms with E-state index in [1.54, 1.807) is 11.8 Å². The number of hydrogen-bond acceptors (Lipinski definition) is 4. The van der Waals surface area contributed by atoms with Crippen LogP contribution in [0.25, 0.3) is 0 Å². The summed E-state index contributed by atoms with van der Waals surface area (Å²) in [6.07, 6.45) is 5.45. The van der Waals surface area contributed by atoms with Gasteiger partial charge in [-0.25, -0.2) is 0 Å². The molecule has 1 N–H and O–H groups in total. The second kappa shape index (κ2) is 10.7. The number of ether oxygens (including phenoxy) is 1. The Morgan fingerprint density at radius 1 is 1.10 bits per heavy atom. The first kappa shape index (κ1) is 22.5. The van der Waals surface area contributed by atoms with Crippen LogP contribution in [0.4, 0.5) is 5.69 Å². The summed E-state index contributed by atoms with van der Waals surface area (Å²) in [6.45, 7) is 0. The summed E-state index contributed by atoms with van der Waals surface area (Å²) in [5, 5.41) is 4.09. The Morgan fingerprint density at radius 2 is 1.77 bits per heavy atom. The molecule has 2 aromatic carbocycles. The van der Waals surface area contributed by atoms with Gasteiger partial charge in [0.1, 0.15) is 11.5 Å². The van der Waals surface area contributed by atoms with E-state index in [9.17, 15) is 4.79 Å². The lowest BCUT2D eigenvalue weighted by Crippen LogP contribution is -2.34. The molecule has 0 spiro atoms. The lowest BCUT2D eigenvalue weighted by atomic mass is 10.2. The normalized spacial score (nSPS) is 20.2. The van der Waals surface area contributed by atoms with Gasteiger partial charge in [0.25, 0.3) is 0 Å². The molecular formula is C23H28ClN3O2S. The lowest BCUT2D eigenvalue weighted by molar-refractivity contribution is -0.116. The van der Waals surface area contributed by atoms with Crippen LogP contribution in [0.2, 0.25) is 0 Å². The minimum atomic E-state index is 0. The Morgan fingerprint density at radius 3 is 2.47 bits per heavy atom. The summed E-state index contributed by atoms with van der Waals surface area (Å²) < 4.78 is 5.79. The first-order valence-corrected chi connectivity index (χ1v) is 11.2. The maximum atomic E-state index is 12.5. The van der Waals surface area contributed by atoms with Crippen LogP contribution in [0.15, 0.2) is 59.6 Å². The molecule has 1 atom stereocenters. The number of benzene rings is 2. The van der Waals surface area contributed by atoms with Crippen molar-refractivity contribution in [2.75, 3.05) is 18.1 Å². The van der Waals surface area contributed by atoms with Gasteiger partial charge in [-0.15, -0.1) is 12.4 Å². The van der Waals surface area contributed by atoms with Crippen molar-refractivity contribution < 1.29 is 9.53 Å². The molecule has 1 aliphatic carbocycles. The summed E-state index contributed by atoms with van der Waals surface area (Å²) in [4.78, 5) is 19.6. The van der Waals surface area contributed by atoms with E-state index in [0.717, 1.165) is 28.1 Å². The number of carbonyl (C=O) groups excluding carboxylic acids is 1. The number of thioether (sulfide) groups is 1. The fourth-order valence-corrected chi connectivity index (χ4v) is 4.97. The molecule has 2 aliphatic rings. The fraction of sp³-hybridized carbons (Fsp3) is 0.391. The van der Waals surface area contributed by atoms with Gasteiger partial charge in [0.15, 0.2) is 5.17 Å². The summed E-state index contributed by atoms with van der Waals surface area (Å²) >= 11 is 1.78. The largest absolute Gasteiger partial charge is 0.457 e. The van der Waals surface area contributed by atoms with E-state index in [1.807, 2.05) is 54.6 Å². The number of amides is 1. The molecule has 0 aromatic heterocycles. The van der Waals surface area contributed by atoms with Crippen molar-refractivity contribution >= 4 is 40.9 Å². The van der Waals surface area contributed by atoms with Crippen molar-refractivity contribution in [3.63, 3.8) is 0 Å². The maximum absolute atomic E-state index is 12.5. The maximum Gasteiger partial charge on any atom is 0.226 e. The first-order valence-electron chi connectivity index (χ1n) is 10.2. The molecule has 30 heavy (non-hydrogen) atoms. The van der Waals surface area contributed by atoms with Crippen LogP contribution in [0.1, 0.15) is 32.1 Å². The molecule has 1 saturated heterocycles. The van der Waals surface area contributed by atoms with E-state index in [1.165, 1.54) is 25.7 Å². The third-order valence-electron chi connectivity index (χ3n) is 5.41. The van der Waals surface area contributed by atoms with Gasteiger partial charge in [0, 0.05) is 31.0 Å². The second-order valence-electron chi connectivity index (χ2n) is 7.62. The highest BCUT2D eigenvalue weighted by molar-refractivity contribution is 8.14. The molecular weight excluding hydrogens is 418 g/mol. The summed E-state index contributed by atoms with van der Waals surface area (Å²) in [7, 11) is 2.06. The van der Waals surface area contributed by atoms with Crippen molar-refractivity contribution in [3.8, 4) is 11.5 Å². The SMILES string of the molecule is CN1C(=NC2CCCC2)SCC1CC(=O)Nc1ccc(Oc2ccccc2)cc1.Cl. The number of anilines is 1. The van der Waals surface area contributed by atoms with Crippen molar-refractivity contribution in [3.05, 3.63) is 54.6 Å². The standard InChI is InChI=1S/C23H27N3O2S.ClH/c1-26-19(16-29-23(26)25-17-7-5-6-8-17)15-22(27)24-18-11-13-21(14-12-18)28-20-9-3-2-4-10-20;/h2-4,9-14,17,19H,5-8,15-16H2,1H3,(H,24,27);1H. The Balaban J connectivity index is 0.00000256. The van der Waals surface area contributed by atoms with Crippen LogP contribution >= 0.6 is 24.2 Å². The van der Waals surface area contributed by atoms with Crippen molar-refractivity contribution in [1.82, 2.24) is 4.90 Å². The topological polar surface area (TPSA) is 53.9 Å². The van der Waals surface area contributed by atoms with Gasteiger partial charge in [-0.1, -0.05) is 42.8 Å². The Hall–Kier alpha value is -2.18. The number of para-hydroxylation sites is 1. The van der Waals surface area contributed by atoms with Gasteiger partial charge in [-0.05, 0) is 49.2 Å². The number of amidine groups is 1. The number of aliphatic imine (C=N–C) groups is 1. The average Bonchev–Trinajstić information content (AvgIpc) is 3.36. The van der Waals surface area contributed by atoms with Gasteiger partial charge >= 0.3 is 0 Å². The highest BCUT2D eigenvalue weighted by Crippen LogP contribution is 2.29. The zero-order valence-electron chi connectivity index (χ0n) is 17.1. The predicted molar refractivity (Wildman–Crippen MR) is 127 cm³/mol. The predicted octanol–water partition coefficient (Wildman–Crippen LogP) is 5.58. The number of hydrogen-bond donors (Lipinski definition) is 1. The molecule has 0 bridgehead atoms. The molecule has 1 aliphatic heterocycles. The smallest absolute Gasteiger partial charge is 0.226 e. The number of nitrogens with zero attached hydrogens (tertiary/aromatic N) is 2. The first-order chi connectivity index (χ1) is 14.2. The van der Waals surface area contributed by atoms with Gasteiger partial charge in [-0.3, -0.25) is 9.79 Å². The van der Waals surface area contributed by atoms with Crippen molar-refractivity contribution in [2.24, 2.45) is 4.99 Å². The molecule has 1 saturated carbocycles. The van der Waals surface area contributed by atoms with Gasteiger partial charge < -0.3 is 15.0 Å². The molecule has 2 aromatic rings. The zero-order valence-corrected chi connectivity index (χ0v) is 18.8. The van der Waals surface area contributed by atoms with E-state index in [2.05, 4.69) is 17.3 Å². The third kappa shape index (κ3) is 5.92. The van der Waals surface area contributed by atoms with Crippen LogP contribution < -0.4 is 10.1 Å². The Kier molecular flexibility index (Phi) is 8.05. The van der Waals surface area contributed by atoms with E-state index in [0.29, 0.717) is 12.5 Å². The minimum Gasteiger partial charge on any atom is -0.457 e. The molecule has 7 heteroatoms. The van der Waals surface area contributed by atoms with Gasteiger partial charge in [-0.2, -0.15) is 0 Å². The average molecular weight is 446 g/mol. The number of nitrogens with one attached hydrogen (secondary N) is 1. The van der Waals surface area contributed by atoms with Crippen molar-refractivity contribution in [1.29, 1.82) is 0 Å². The molecule has 2 fully saturated rings. The number of rotatable bonds is 6. The molecule has 1 amide bonds. The van der Waals surface area contributed by atoms with Crippen LogP contribution in [0.3, 0.4) is 0 Å². The lowest BCUT2D eigenvalue weighted by Gasteiger charge is -2.21. The Bertz CT molecular complexity index is 855. The number of carbonyl (C=O) groups is 1. The molecule has 5 nitrogen and oxygen atoms in total. The van der Waals surface area contributed by atoms with E-state index in [-0.39, 0.29) is 24.4 Å². The minimum absolute atomic E-state index is 0. The fourth-order valence-electron chi connectivity index (χ4n) is 3.71. The third-order valence-corrected chi connectivity index (χ3v) is 6.61. The second-order valence-corrected chi connectivity index (χ2v) is 8.60. The summed E-state index contributed by atoms with van der Waals surface area (Å²) in [5.41, 5.74) is 0.781. The van der Waals surface area contributed by atoms with Crippen LogP contribution in [-0.4, -0.2) is 40.9 Å². The van der Waals surface area contributed by atoms with Crippen LogP contribution in [0, 0.1) is 0 Å². The van der Waals surface area contributed by atoms with E-state index in [4.69, 9.17) is 9.73 Å². The van der Waals surface area contributed by atoms with Crippen LogP contribution in [0.5, 0.6) is 11.5 Å². The van der Waals surface area contributed by atoms with E-state index < -0.39 is 0 Å². The summed E-state index contributed by atoms with van der Waals surface area (Å²) in [5.74, 6) is 2.48. The van der Waals surface area contributed by atoms with Gasteiger partial charge in [0.2, 0.25) is 5.91 Å². The quantitative estimate of drug-likeness (QED) is 0.631. The molecule has 0 radical (unpaired) electrons. The molecule has 1 heterocycles. The number of halogens is 1. The highest BCUT2D eigenvalue weighted by Gasteiger charge is 2.30.